The predicted octanol–water partition coefficient (Wildman–Crippen LogP) is 1.97. The van der Waals surface area contributed by atoms with E-state index in [1.807, 2.05) is 17.0 Å². The lowest BCUT2D eigenvalue weighted by atomic mass is 10.1. The number of aliphatic imine (C=N–C) groups is 1. The number of piperazine rings is 1. The van der Waals surface area contributed by atoms with E-state index in [2.05, 4.69) is 44.1 Å². The van der Waals surface area contributed by atoms with E-state index in [0.29, 0.717) is 19.0 Å². The van der Waals surface area contributed by atoms with Crippen molar-refractivity contribution in [2.24, 2.45) is 4.99 Å². The van der Waals surface area contributed by atoms with Crippen molar-refractivity contribution in [1.29, 1.82) is 0 Å². The van der Waals surface area contributed by atoms with Crippen LogP contribution in [0.3, 0.4) is 0 Å². The molecule has 8 nitrogen and oxygen atoms in total. The Morgan fingerprint density at radius 2 is 1.77 bits per heavy atom. The maximum absolute atomic E-state index is 12.4. The van der Waals surface area contributed by atoms with Gasteiger partial charge in [-0.05, 0) is 31.9 Å². The Hall–Kier alpha value is -2.87. The van der Waals surface area contributed by atoms with E-state index in [1.165, 1.54) is 5.56 Å². The lowest BCUT2D eigenvalue weighted by Gasteiger charge is -2.36. The lowest BCUT2D eigenvalue weighted by molar-refractivity contribution is -0.131. The molecule has 2 aliphatic heterocycles. The van der Waals surface area contributed by atoms with E-state index in [9.17, 15) is 4.79 Å². The molecule has 1 aromatic heterocycles. The second-order valence-corrected chi connectivity index (χ2v) is 8.26. The minimum atomic E-state index is 0.267. The van der Waals surface area contributed by atoms with Gasteiger partial charge in [-0.15, -0.1) is 0 Å². The molecule has 2 aromatic rings. The summed E-state index contributed by atoms with van der Waals surface area (Å²) in [5, 5.41) is 3.39. The standard InChI is InChI=1S/C23H32N6O2/c1-18-5-7-19(8-6-18)22-26-20(17-31-22)15-25-23(24-2)29-13-11-27(12-14-29)16-21(30)28-9-3-4-10-28/h5-8,17H,3-4,9-16H2,1-2H3,(H,24,25). The molecule has 0 radical (unpaired) electrons. The summed E-state index contributed by atoms with van der Waals surface area (Å²) in [6, 6.07) is 8.14. The molecule has 0 bridgehead atoms. The number of rotatable bonds is 5. The smallest absolute Gasteiger partial charge is 0.236 e. The van der Waals surface area contributed by atoms with Gasteiger partial charge in [0.1, 0.15) is 6.26 Å². The second-order valence-electron chi connectivity index (χ2n) is 8.26. The van der Waals surface area contributed by atoms with Crippen molar-refractivity contribution >= 4 is 11.9 Å². The monoisotopic (exact) mass is 424 g/mol. The quantitative estimate of drug-likeness (QED) is 0.584. The normalized spacial score (nSPS) is 17.9. The Labute approximate surface area is 183 Å². The van der Waals surface area contributed by atoms with E-state index in [4.69, 9.17) is 4.42 Å². The van der Waals surface area contributed by atoms with Crippen molar-refractivity contribution in [2.45, 2.75) is 26.3 Å². The number of amides is 1. The van der Waals surface area contributed by atoms with Gasteiger partial charge in [-0.1, -0.05) is 17.7 Å². The van der Waals surface area contributed by atoms with Crippen LogP contribution in [0.15, 0.2) is 39.9 Å². The molecule has 0 spiro atoms. The van der Waals surface area contributed by atoms with E-state index < -0.39 is 0 Å². The molecule has 1 amide bonds. The molecule has 3 heterocycles. The highest BCUT2D eigenvalue weighted by molar-refractivity contribution is 5.80. The van der Waals surface area contributed by atoms with Crippen molar-refractivity contribution in [3.05, 3.63) is 41.8 Å². The highest BCUT2D eigenvalue weighted by Gasteiger charge is 2.24. The van der Waals surface area contributed by atoms with Gasteiger partial charge in [0.25, 0.3) is 0 Å². The molecule has 0 aliphatic carbocycles. The van der Waals surface area contributed by atoms with Crippen molar-refractivity contribution in [3.63, 3.8) is 0 Å². The fourth-order valence-corrected chi connectivity index (χ4v) is 4.09. The first-order valence-corrected chi connectivity index (χ1v) is 11.1. The zero-order chi connectivity index (χ0) is 21.6. The summed E-state index contributed by atoms with van der Waals surface area (Å²) in [5.74, 6) is 1.75. The first-order valence-electron chi connectivity index (χ1n) is 11.1. The zero-order valence-electron chi connectivity index (χ0n) is 18.5. The van der Waals surface area contributed by atoms with Crippen LogP contribution in [0.4, 0.5) is 0 Å². The molecular formula is C23H32N6O2. The Bertz CT molecular complexity index is 893. The molecule has 1 N–H and O–H groups in total. The van der Waals surface area contributed by atoms with Gasteiger partial charge in [-0.3, -0.25) is 14.7 Å². The number of hydrogen-bond acceptors (Lipinski definition) is 5. The number of nitrogens with zero attached hydrogens (tertiary/aromatic N) is 5. The molecule has 2 saturated heterocycles. The predicted molar refractivity (Wildman–Crippen MR) is 121 cm³/mol. The number of aromatic nitrogens is 1. The zero-order valence-corrected chi connectivity index (χ0v) is 18.5. The van der Waals surface area contributed by atoms with Crippen molar-refractivity contribution in [1.82, 2.24) is 25.0 Å². The average Bonchev–Trinajstić information content (AvgIpc) is 3.48. The summed E-state index contributed by atoms with van der Waals surface area (Å²) in [7, 11) is 1.80. The number of aryl methyl sites for hydroxylation is 1. The molecule has 31 heavy (non-hydrogen) atoms. The van der Waals surface area contributed by atoms with Crippen LogP contribution in [0.1, 0.15) is 24.1 Å². The van der Waals surface area contributed by atoms with Gasteiger partial charge in [-0.25, -0.2) is 4.98 Å². The lowest BCUT2D eigenvalue weighted by Crippen LogP contribution is -2.54. The average molecular weight is 425 g/mol. The van der Waals surface area contributed by atoms with E-state index in [1.54, 1.807) is 13.3 Å². The largest absolute Gasteiger partial charge is 0.444 e. The third-order valence-electron chi connectivity index (χ3n) is 5.98. The number of carbonyl (C=O) groups is 1. The van der Waals surface area contributed by atoms with E-state index in [0.717, 1.165) is 69.3 Å². The minimum absolute atomic E-state index is 0.267. The summed E-state index contributed by atoms with van der Waals surface area (Å²) in [4.78, 5) is 27.9. The van der Waals surface area contributed by atoms with Gasteiger partial charge in [0, 0.05) is 51.9 Å². The number of hydrogen-bond donors (Lipinski definition) is 1. The molecule has 2 fully saturated rings. The molecule has 1 aromatic carbocycles. The van der Waals surface area contributed by atoms with Crippen LogP contribution in [0.5, 0.6) is 0 Å². The Morgan fingerprint density at radius 1 is 1.06 bits per heavy atom. The van der Waals surface area contributed by atoms with E-state index in [-0.39, 0.29) is 5.91 Å². The van der Waals surface area contributed by atoms with Crippen molar-refractivity contribution in [2.75, 3.05) is 52.9 Å². The SMILES string of the molecule is CN=C(NCc1coc(-c2ccc(C)cc2)n1)N1CCN(CC(=O)N2CCCC2)CC1. The van der Waals surface area contributed by atoms with Crippen LogP contribution in [-0.2, 0) is 11.3 Å². The fourth-order valence-electron chi connectivity index (χ4n) is 4.09. The fraction of sp³-hybridized carbons (Fsp3) is 0.522. The van der Waals surface area contributed by atoms with Gasteiger partial charge in [-0.2, -0.15) is 0 Å². The number of likely N-dealkylation sites (tertiary alicyclic amines) is 1. The van der Waals surface area contributed by atoms with Gasteiger partial charge < -0.3 is 19.5 Å². The van der Waals surface area contributed by atoms with Crippen LogP contribution in [0.25, 0.3) is 11.5 Å². The molecule has 0 unspecified atom stereocenters. The molecule has 4 rings (SSSR count). The highest BCUT2D eigenvalue weighted by atomic mass is 16.3. The van der Waals surface area contributed by atoms with Gasteiger partial charge in [0.15, 0.2) is 5.96 Å². The Balaban J connectivity index is 1.25. The molecule has 166 valence electrons. The Morgan fingerprint density at radius 3 is 2.45 bits per heavy atom. The van der Waals surface area contributed by atoms with Crippen molar-refractivity contribution in [3.8, 4) is 11.5 Å². The molecular weight excluding hydrogens is 392 g/mol. The maximum atomic E-state index is 12.4. The number of carbonyl (C=O) groups excluding carboxylic acids is 1. The maximum Gasteiger partial charge on any atom is 0.236 e. The topological polar surface area (TPSA) is 77.2 Å². The van der Waals surface area contributed by atoms with Crippen LogP contribution < -0.4 is 5.32 Å². The van der Waals surface area contributed by atoms with Gasteiger partial charge in [0.05, 0.1) is 18.8 Å². The van der Waals surface area contributed by atoms with Gasteiger partial charge in [0.2, 0.25) is 11.8 Å². The molecule has 2 aliphatic rings. The summed E-state index contributed by atoms with van der Waals surface area (Å²) in [6.07, 6.45) is 3.97. The third-order valence-corrected chi connectivity index (χ3v) is 5.98. The number of guanidine groups is 1. The summed E-state index contributed by atoms with van der Waals surface area (Å²) in [6.45, 7) is 8.40. The van der Waals surface area contributed by atoms with Crippen molar-refractivity contribution < 1.29 is 9.21 Å². The van der Waals surface area contributed by atoms with Crippen LogP contribution in [0.2, 0.25) is 0 Å². The summed E-state index contributed by atoms with van der Waals surface area (Å²) < 4.78 is 5.65. The molecule has 8 heteroatoms. The second kappa shape index (κ2) is 9.96. The van der Waals surface area contributed by atoms with Gasteiger partial charge >= 0.3 is 0 Å². The highest BCUT2D eigenvalue weighted by Crippen LogP contribution is 2.19. The minimum Gasteiger partial charge on any atom is -0.444 e. The third kappa shape index (κ3) is 5.44. The first-order chi connectivity index (χ1) is 15.1. The number of oxazole rings is 1. The van der Waals surface area contributed by atoms with E-state index >= 15 is 0 Å². The van der Waals surface area contributed by atoms with Crippen LogP contribution in [0, 0.1) is 6.92 Å². The Kier molecular flexibility index (Phi) is 6.86. The molecule has 0 saturated carbocycles. The number of benzene rings is 1. The first kappa shape index (κ1) is 21.4. The molecule has 0 atom stereocenters. The summed E-state index contributed by atoms with van der Waals surface area (Å²) >= 11 is 0. The van der Waals surface area contributed by atoms with Crippen LogP contribution >= 0.6 is 0 Å². The van der Waals surface area contributed by atoms with Crippen LogP contribution in [-0.4, -0.2) is 84.4 Å². The summed E-state index contributed by atoms with van der Waals surface area (Å²) in [5.41, 5.74) is 3.02. The number of nitrogens with one attached hydrogen (secondary N) is 1.